The van der Waals surface area contributed by atoms with Crippen LogP contribution in [0.25, 0.3) is 0 Å². The summed E-state index contributed by atoms with van der Waals surface area (Å²) in [4.78, 5) is 35.7. The van der Waals surface area contributed by atoms with E-state index in [0.717, 1.165) is 4.90 Å². The highest BCUT2D eigenvalue weighted by Gasteiger charge is 2.27. The van der Waals surface area contributed by atoms with Gasteiger partial charge in [-0.25, -0.2) is 4.79 Å². The van der Waals surface area contributed by atoms with Crippen LogP contribution in [-0.2, 0) is 4.79 Å². The molecule has 0 unspecified atom stereocenters. The van der Waals surface area contributed by atoms with Crippen LogP contribution < -0.4 is 20.1 Å². The molecule has 1 saturated heterocycles. The molecule has 1 aromatic rings. The van der Waals surface area contributed by atoms with Gasteiger partial charge in [-0.05, 0) is 18.2 Å². The molecule has 0 aromatic heterocycles. The maximum atomic E-state index is 12.0. The number of benzene rings is 1. The molecule has 0 atom stereocenters. The average Bonchev–Trinajstić information content (AvgIpc) is 3.07. The van der Waals surface area contributed by atoms with E-state index >= 15 is 0 Å². The second-order valence-corrected chi connectivity index (χ2v) is 4.53. The molecule has 4 amide bonds. The van der Waals surface area contributed by atoms with E-state index in [0.29, 0.717) is 17.1 Å². The van der Waals surface area contributed by atoms with Crippen molar-refractivity contribution in [2.75, 3.05) is 26.4 Å². The maximum Gasteiger partial charge on any atom is 0.324 e. The number of nitrogens with zero attached hydrogens (tertiary/aromatic N) is 1. The van der Waals surface area contributed by atoms with Gasteiger partial charge in [-0.1, -0.05) is 0 Å². The van der Waals surface area contributed by atoms with E-state index in [1.165, 1.54) is 0 Å². The Labute approximate surface area is 120 Å². The summed E-state index contributed by atoms with van der Waals surface area (Å²) in [7, 11) is 0. The highest BCUT2D eigenvalue weighted by atomic mass is 16.7. The molecule has 110 valence electrons. The summed E-state index contributed by atoms with van der Waals surface area (Å²) in [5, 5.41) is 5.06. The number of nitrogens with one attached hydrogen (secondary N) is 2. The molecule has 2 N–H and O–H groups in total. The summed E-state index contributed by atoms with van der Waals surface area (Å²) >= 11 is 0. The lowest BCUT2D eigenvalue weighted by atomic mass is 10.2. The van der Waals surface area contributed by atoms with Gasteiger partial charge in [-0.2, -0.15) is 0 Å². The minimum atomic E-state index is -0.433. The molecule has 2 aliphatic rings. The number of urea groups is 1. The first-order chi connectivity index (χ1) is 10.1. The quantitative estimate of drug-likeness (QED) is 0.742. The summed E-state index contributed by atoms with van der Waals surface area (Å²) in [5.41, 5.74) is 0.427. The number of amides is 4. The molecule has 0 spiro atoms. The summed E-state index contributed by atoms with van der Waals surface area (Å²) in [5.74, 6) is 0.528. The Hall–Kier alpha value is -2.77. The summed E-state index contributed by atoms with van der Waals surface area (Å²) in [6.07, 6.45) is 0. The van der Waals surface area contributed by atoms with Gasteiger partial charge in [-0.3, -0.25) is 14.5 Å². The van der Waals surface area contributed by atoms with Crippen molar-refractivity contribution in [3.63, 3.8) is 0 Å². The van der Waals surface area contributed by atoms with Crippen molar-refractivity contribution in [1.82, 2.24) is 15.5 Å². The van der Waals surface area contributed by atoms with E-state index < -0.39 is 6.03 Å². The SMILES string of the molecule is O=C(NCCN1C(=O)CNC1=O)c1ccc2c(c1)OCO2. The van der Waals surface area contributed by atoms with Crippen molar-refractivity contribution in [1.29, 1.82) is 0 Å². The zero-order valence-corrected chi connectivity index (χ0v) is 11.0. The van der Waals surface area contributed by atoms with Gasteiger partial charge in [0, 0.05) is 18.7 Å². The van der Waals surface area contributed by atoms with E-state index in [2.05, 4.69) is 10.6 Å². The third-order valence-corrected chi connectivity index (χ3v) is 3.19. The van der Waals surface area contributed by atoms with Gasteiger partial charge in [-0.15, -0.1) is 0 Å². The molecular formula is C13H13N3O5. The molecule has 0 aliphatic carbocycles. The van der Waals surface area contributed by atoms with Crippen molar-refractivity contribution in [3.05, 3.63) is 23.8 Å². The topological polar surface area (TPSA) is 97.0 Å². The Morgan fingerprint density at radius 1 is 1.29 bits per heavy atom. The highest BCUT2D eigenvalue weighted by molar-refractivity contribution is 6.02. The molecule has 8 heteroatoms. The molecule has 1 fully saturated rings. The van der Waals surface area contributed by atoms with E-state index in [9.17, 15) is 14.4 Å². The molecule has 2 aliphatic heterocycles. The zero-order chi connectivity index (χ0) is 14.8. The van der Waals surface area contributed by atoms with Crippen molar-refractivity contribution >= 4 is 17.8 Å². The predicted octanol–water partition coefficient (Wildman–Crippen LogP) is -0.303. The van der Waals surface area contributed by atoms with Gasteiger partial charge in [0.05, 0.1) is 6.54 Å². The second-order valence-electron chi connectivity index (χ2n) is 4.53. The van der Waals surface area contributed by atoms with Gasteiger partial charge >= 0.3 is 6.03 Å². The number of fused-ring (bicyclic) bond motifs is 1. The number of carbonyl (C=O) groups is 3. The first-order valence-corrected chi connectivity index (χ1v) is 6.41. The van der Waals surface area contributed by atoms with Crippen LogP contribution in [0.2, 0.25) is 0 Å². The Balaban J connectivity index is 1.55. The predicted molar refractivity (Wildman–Crippen MR) is 70.0 cm³/mol. The monoisotopic (exact) mass is 291 g/mol. The van der Waals surface area contributed by atoms with Crippen LogP contribution in [-0.4, -0.2) is 49.2 Å². The first kappa shape index (κ1) is 13.2. The average molecular weight is 291 g/mol. The van der Waals surface area contributed by atoms with E-state index in [1.807, 2.05) is 0 Å². The third-order valence-electron chi connectivity index (χ3n) is 3.19. The van der Waals surface area contributed by atoms with Crippen LogP contribution in [0.15, 0.2) is 18.2 Å². The molecule has 0 saturated carbocycles. The number of carbonyl (C=O) groups excluding carboxylic acids is 3. The molecule has 8 nitrogen and oxygen atoms in total. The minimum Gasteiger partial charge on any atom is -0.454 e. The maximum absolute atomic E-state index is 12.0. The summed E-state index contributed by atoms with van der Waals surface area (Å²) < 4.78 is 10.4. The van der Waals surface area contributed by atoms with E-state index in [-0.39, 0.29) is 38.2 Å². The lowest BCUT2D eigenvalue weighted by Crippen LogP contribution is -2.38. The van der Waals surface area contributed by atoms with Gasteiger partial charge < -0.3 is 20.1 Å². The number of rotatable bonds is 4. The molecule has 3 rings (SSSR count). The van der Waals surface area contributed by atoms with Crippen LogP contribution in [0.1, 0.15) is 10.4 Å². The van der Waals surface area contributed by atoms with Crippen LogP contribution in [0.5, 0.6) is 11.5 Å². The van der Waals surface area contributed by atoms with Crippen LogP contribution >= 0.6 is 0 Å². The molecule has 21 heavy (non-hydrogen) atoms. The van der Waals surface area contributed by atoms with E-state index in [4.69, 9.17) is 9.47 Å². The molecule has 0 bridgehead atoms. The summed E-state index contributed by atoms with van der Waals surface area (Å²) in [6.45, 7) is 0.481. The van der Waals surface area contributed by atoms with Crippen LogP contribution in [0, 0.1) is 0 Å². The largest absolute Gasteiger partial charge is 0.454 e. The van der Waals surface area contributed by atoms with Crippen molar-refractivity contribution < 1.29 is 23.9 Å². The van der Waals surface area contributed by atoms with Crippen molar-refractivity contribution in [2.45, 2.75) is 0 Å². The first-order valence-electron chi connectivity index (χ1n) is 6.41. The molecular weight excluding hydrogens is 278 g/mol. The summed E-state index contributed by atoms with van der Waals surface area (Å²) in [6, 6.07) is 4.44. The Morgan fingerprint density at radius 2 is 2.10 bits per heavy atom. The van der Waals surface area contributed by atoms with Crippen LogP contribution in [0.4, 0.5) is 4.79 Å². The number of imide groups is 1. The Bertz CT molecular complexity index is 600. The van der Waals surface area contributed by atoms with Crippen molar-refractivity contribution in [3.8, 4) is 11.5 Å². The second kappa shape index (κ2) is 5.31. The highest BCUT2D eigenvalue weighted by Crippen LogP contribution is 2.32. The minimum absolute atomic E-state index is 0.00887. The molecule has 1 aromatic carbocycles. The molecule has 0 radical (unpaired) electrons. The fraction of sp³-hybridized carbons (Fsp3) is 0.308. The van der Waals surface area contributed by atoms with Gasteiger partial charge in [0.15, 0.2) is 11.5 Å². The van der Waals surface area contributed by atoms with E-state index in [1.54, 1.807) is 18.2 Å². The normalized spacial score (nSPS) is 16.1. The molecule has 2 heterocycles. The number of ether oxygens (including phenoxy) is 2. The standard InChI is InChI=1S/C13H13N3O5/c17-11-6-15-13(19)16(11)4-3-14-12(18)8-1-2-9-10(5-8)21-7-20-9/h1-2,5H,3-4,6-7H2,(H,14,18)(H,15,19). The smallest absolute Gasteiger partial charge is 0.324 e. The fourth-order valence-electron chi connectivity index (χ4n) is 2.10. The number of hydrogen-bond acceptors (Lipinski definition) is 5. The fourth-order valence-corrected chi connectivity index (χ4v) is 2.10. The van der Waals surface area contributed by atoms with Gasteiger partial charge in [0.2, 0.25) is 12.7 Å². The lowest BCUT2D eigenvalue weighted by molar-refractivity contribution is -0.124. The zero-order valence-electron chi connectivity index (χ0n) is 11.0. The van der Waals surface area contributed by atoms with Gasteiger partial charge in [0.1, 0.15) is 0 Å². The Morgan fingerprint density at radius 3 is 2.86 bits per heavy atom. The lowest BCUT2D eigenvalue weighted by Gasteiger charge is -2.12. The number of hydrogen-bond donors (Lipinski definition) is 2. The van der Waals surface area contributed by atoms with Crippen molar-refractivity contribution in [2.24, 2.45) is 0 Å². The Kier molecular flexibility index (Phi) is 3.35. The van der Waals surface area contributed by atoms with Crippen LogP contribution in [0.3, 0.4) is 0 Å². The third kappa shape index (κ3) is 2.60. The van der Waals surface area contributed by atoms with Gasteiger partial charge in [0.25, 0.3) is 5.91 Å².